The molecule has 8 heteroatoms. The van der Waals surface area contributed by atoms with Gasteiger partial charge in [0.1, 0.15) is 11.6 Å². The van der Waals surface area contributed by atoms with Crippen LogP contribution < -0.4 is 9.64 Å². The highest BCUT2D eigenvalue weighted by Crippen LogP contribution is 2.36. The average Bonchev–Trinajstić information content (AvgIpc) is 3.35. The van der Waals surface area contributed by atoms with E-state index in [0.29, 0.717) is 43.3 Å². The molecule has 6 nitrogen and oxygen atoms in total. The summed E-state index contributed by atoms with van der Waals surface area (Å²) in [7, 11) is 1.63. The number of hydrogen-bond donors (Lipinski definition) is 0. The molecule has 1 saturated heterocycles. The Morgan fingerprint density at radius 2 is 1.78 bits per heavy atom. The lowest BCUT2D eigenvalue weighted by Gasteiger charge is -2.36. The van der Waals surface area contributed by atoms with Crippen LogP contribution in [0.5, 0.6) is 5.75 Å². The third-order valence-corrected chi connectivity index (χ3v) is 7.10. The molecule has 36 heavy (non-hydrogen) atoms. The Hall–Kier alpha value is -3.42. The van der Waals surface area contributed by atoms with Gasteiger partial charge in [-0.15, -0.1) is 0 Å². The van der Waals surface area contributed by atoms with Crippen molar-refractivity contribution in [3.63, 3.8) is 0 Å². The number of para-hydroxylation sites is 1. The first-order chi connectivity index (χ1) is 17.5. The quantitative estimate of drug-likeness (QED) is 0.473. The van der Waals surface area contributed by atoms with Gasteiger partial charge < -0.3 is 9.64 Å². The third-order valence-electron chi connectivity index (χ3n) is 6.76. The fourth-order valence-corrected chi connectivity index (χ4v) is 5.09. The number of carbonyl (C=O) groups is 1. The van der Waals surface area contributed by atoms with Gasteiger partial charge in [0, 0.05) is 43.2 Å². The van der Waals surface area contributed by atoms with Crippen molar-refractivity contribution in [2.45, 2.75) is 12.5 Å². The number of halogens is 2. The van der Waals surface area contributed by atoms with E-state index in [9.17, 15) is 9.18 Å². The van der Waals surface area contributed by atoms with Gasteiger partial charge in [0.05, 0.1) is 31.1 Å². The highest BCUT2D eigenvalue weighted by Gasteiger charge is 2.35. The van der Waals surface area contributed by atoms with Crippen LogP contribution in [-0.2, 0) is 4.79 Å². The average molecular weight is 507 g/mol. The van der Waals surface area contributed by atoms with E-state index in [2.05, 4.69) is 4.90 Å². The van der Waals surface area contributed by atoms with Gasteiger partial charge in [0.25, 0.3) is 5.91 Å². The lowest BCUT2D eigenvalue weighted by Crippen LogP contribution is -2.49. The van der Waals surface area contributed by atoms with Crippen molar-refractivity contribution >= 4 is 28.9 Å². The molecule has 0 saturated carbocycles. The summed E-state index contributed by atoms with van der Waals surface area (Å²) in [6, 6.07) is 21.8. The summed E-state index contributed by atoms with van der Waals surface area (Å²) in [4.78, 5) is 17.7. The van der Waals surface area contributed by atoms with E-state index >= 15 is 0 Å². The summed E-state index contributed by atoms with van der Waals surface area (Å²) < 4.78 is 19.6. The van der Waals surface area contributed by atoms with Crippen LogP contribution in [-0.4, -0.2) is 61.4 Å². The normalized spacial score (nSPS) is 18.3. The minimum atomic E-state index is -0.285. The number of carbonyl (C=O) groups excluding carboxylic acids is 1. The van der Waals surface area contributed by atoms with Gasteiger partial charge in [-0.2, -0.15) is 5.10 Å². The molecule has 0 aliphatic carbocycles. The topological polar surface area (TPSA) is 48.4 Å². The smallest absolute Gasteiger partial charge is 0.257 e. The van der Waals surface area contributed by atoms with Gasteiger partial charge >= 0.3 is 0 Å². The zero-order valence-corrected chi connectivity index (χ0v) is 20.9. The van der Waals surface area contributed by atoms with E-state index in [4.69, 9.17) is 21.4 Å². The standard InChI is InChI=1S/C28H28ClFN4O2/c1-36-21-8-6-7-20(17-21)25-18-27(22-9-2-3-10-23(22)29)34(31-25)28(35)19-32-13-15-33(16-14-32)26-12-5-4-11-24(26)30/h2-12,17,27H,13-16,18-19H2,1H3/t27-/m1/s1. The maximum atomic E-state index is 14.2. The molecule has 2 aliphatic rings. The summed E-state index contributed by atoms with van der Waals surface area (Å²) in [6.07, 6.45) is 0.559. The van der Waals surface area contributed by atoms with Crippen LogP contribution in [0.3, 0.4) is 0 Å². The van der Waals surface area contributed by atoms with Crippen LogP contribution in [0.2, 0.25) is 5.02 Å². The molecule has 0 bridgehead atoms. The van der Waals surface area contributed by atoms with Crippen molar-refractivity contribution in [3.8, 4) is 5.75 Å². The predicted molar refractivity (Wildman–Crippen MR) is 140 cm³/mol. The summed E-state index contributed by atoms with van der Waals surface area (Å²) >= 11 is 6.54. The lowest BCUT2D eigenvalue weighted by molar-refractivity contribution is -0.134. The minimum Gasteiger partial charge on any atom is -0.497 e. The molecule has 0 unspecified atom stereocenters. The second kappa shape index (κ2) is 10.7. The Morgan fingerprint density at radius 1 is 1.03 bits per heavy atom. The van der Waals surface area contributed by atoms with Crippen molar-refractivity contribution in [1.82, 2.24) is 9.91 Å². The number of benzene rings is 3. The van der Waals surface area contributed by atoms with Gasteiger partial charge in [-0.1, -0.05) is 54.1 Å². The lowest BCUT2D eigenvalue weighted by atomic mass is 9.98. The number of hydrogen-bond acceptors (Lipinski definition) is 5. The van der Waals surface area contributed by atoms with Gasteiger partial charge in [-0.25, -0.2) is 9.40 Å². The molecule has 1 fully saturated rings. The van der Waals surface area contributed by atoms with Gasteiger partial charge in [-0.3, -0.25) is 9.69 Å². The first kappa shape index (κ1) is 24.3. The number of nitrogens with zero attached hydrogens (tertiary/aromatic N) is 4. The van der Waals surface area contributed by atoms with Crippen molar-refractivity contribution in [2.75, 3.05) is 44.7 Å². The molecule has 5 rings (SSSR count). The zero-order valence-electron chi connectivity index (χ0n) is 20.1. The fraction of sp³-hybridized carbons (Fsp3) is 0.286. The molecule has 0 spiro atoms. The molecule has 1 amide bonds. The summed E-state index contributed by atoms with van der Waals surface area (Å²) in [5, 5.41) is 6.97. The van der Waals surface area contributed by atoms with Crippen molar-refractivity contribution in [1.29, 1.82) is 0 Å². The Morgan fingerprint density at radius 3 is 2.53 bits per heavy atom. The van der Waals surface area contributed by atoms with E-state index in [1.165, 1.54) is 6.07 Å². The first-order valence-electron chi connectivity index (χ1n) is 12.0. The van der Waals surface area contributed by atoms with Crippen LogP contribution >= 0.6 is 11.6 Å². The molecule has 186 valence electrons. The number of piperazine rings is 1. The Labute approximate surface area is 215 Å². The fourth-order valence-electron chi connectivity index (χ4n) is 4.82. The van der Waals surface area contributed by atoms with Crippen LogP contribution in [0.25, 0.3) is 0 Å². The zero-order chi connectivity index (χ0) is 25.1. The second-order valence-electron chi connectivity index (χ2n) is 8.97. The van der Waals surface area contributed by atoms with Crippen LogP contribution in [0.1, 0.15) is 23.6 Å². The third kappa shape index (κ3) is 5.08. The molecular weight excluding hydrogens is 479 g/mol. The molecule has 2 aliphatic heterocycles. The molecule has 0 aromatic heterocycles. The highest BCUT2D eigenvalue weighted by molar-refractivity contribution is 6.31. The maximum absolute atomic E-state index is 14.2. The van der Waals surface area contributed by atoms with Gasteiger partial charge in [-0.05, 0) is 35.9 Å². The molecule has 0 N–H and O–H groups in total. The number of hydrazone groups is 1. The molecule has 3 aromatic carbocycles. The molecular formula is C28H28ClFN4O2. The molecule has 0 radical (unpaired) electrons. The maximum Gasteiger partial charge on any atom is 0.257 e. The van der Waals surface area contributed by atoms with E-state index in [0.717, 1.165) is 22.6 Å². The first-order valence-corrected chi connectivity index (χ1v) is 12.4. The van der Waals surface area contributed by atoms with Crippen molar-refractivity contribution in [2.24, 2.45) is 5.10 Å². The largest absolute Gasteiger partial charge is 0.497 e. The molecule has 3 aromatic rings. The van der Waals surface area contributed by atoms with Gasteiger partial charge in [0.15, 0.2) is 0 Å². The SMILES string of the molecule is COc1cccc(C2=NN(C(=O)CN3CCN(c4ccccc4F)CC3)[C@@H](c3ccccc3Cl)C2)c1. The number of ether oxygens (including phenoxy) is 1. The van der Waals surface area contributed by atoms with E-state index < -0.39 is 0 Å². The second-order valence-corrected chi connectivity index (χ2v) is 9.38. The number of methoxy groups -OCH3 is 1. The Kier molecular flexibility index (Phi) is 7.20. The van der Waals surface area contributed by atoms with E-state index in [1.807, 2.05) is 59.5 Å². The van der Waals surface area contributed by atoms with E-state index in [1.54, 1.807) is 24.3 Å². The van der Waals surface area contributed by atoms with Gasteiger partial charge in [0.2, 0.25) is 0 Å². The Balaban J connectivity index is 1.33. The van der Waals surface area contributed by atoms with Crippen molar-refractivity contribution < 1.29 is 13.9 Å². The van der Waals surface area contributed by atoms with Crippen molar-refractivity contribution in [3.05, 3.63) is 94.8 Å². The predicted octanol–water partition coefficient (Wildman–Crippen LogP) is 4.99. The number of amides is 1. The Bertz CT molecular complexity index is 1280. The summed E-state index contributed by atoms with van der Waals surface area (Å²) in [5.74, 6) is 0.431. The van der Waals surface area contributed by atoms with Crippen LogP contribution in [0.4, 0.5) is 10.1 Å². The highest BCUT2D eigenvalue weighted by atomic mass is 35.5. The summed E-state index contributed by atoms with van der Waals surface area (Å²) in [6.45, 7) is 2.87. The monoisotopic (exact) mass is 506 g/mol. The molecule has 2 heterocycles. The van der Waals surface area contributed by atoms with E-state index in [-0.39, 0.29) is 24.3 Å². The van der Waals surface area contributed by atoms with Crippen LogP contribution in [0.15, 0.2) is 77.9 Å². The minimum absolute atomic E-state index is 0.0860. The van der Waals surface area contributed by atoms with Crippen LogP contribution in [0, 0.1) is 5.82 Å². The molecule has 1 atom stereocenters. The summed E-state index contributed by atoms with van der Waals surface area (Å²) in [5.41, 5.74) is 3.21. The number of anilines is 1. The number of rotatable bonds is 6.